The number of benzene rings is 1. The van der Waals surface area contributed by atoms with E-state index >= 15 is 0 Å². The summed E-state index contributed by atoms with van der Waals surface area (Å²) in [5.41, 5.74) is 1.08. The van der Waals surface area contributed by atoms with Crippen LogP contribution in [-0.4, -0.2) is 0 Å². The van der Waals surface area contributed by atoms with Gasteiger partial charge in [-0.3, -0.25) is 0 Å². The monoisotopic (exact) mass is 349 g/mol. The highest BCUT2D eigenvalue weighted by Crippen LogP contribution is 2.21. The number of hydrogen-bond acceptors (Lipinski definition) is 2. The molecular weight excluding hydrogens is 337 g/mol. The van der Waals surface area contributed by atoms with Crippen molar-refractivity contribution in [2.24, 2.45) is 0 Å². The minimum Gasteiger partial charge on any atom is -0.465 e. The van der Waals surface area contributed by atoms with Gasteiger partial charge in [0.25, 0.3) is 0 Å². The predicted molar refractivity (Wildman–Crippen MR) is 80.4 cm³/mol. The predicted octanol–water partition coefficient (Wildman–Crippen LogP) is 4.72. The zero-order chi connectivity index (χ0) is 12.3. The SMILES string of the molecule is Cc1ccc(CNCc2ccc(Br)cc2Cl)o1.Cl. The molecule has 2 nitrogen and oxygen atoms in total. The van der Waals surface area contributed by atoms with Crippen molar-refractivity contribution in [3.63, 3.8) is 0 Å². The molecule has 1 N–H and O–H groups in total. The molecule has 0 amide bonds. The molecule has 18 heavy (non-hydrogen) atoms. The minimum atomic E-state index is 0. The van der Waals surface area contributed by atoms with E-state index in [2.05, 4.69) is 21.2 Å². The van der Waals surface area contributed by atoms with Gasteiger partial charge in [0.15, 0.2) is 0 Å². The van der Waals surface area contributed by atoms with E-state index in [1.807, 2.05) is 37.3 Å². The highest BCUT2D eigenvalue weighted by atomic mass is 79.9. The summed E-state index contributed by atoms with van der Waals surface area (Å²) in [6.07, 6.45) is 0. The van der Waals surface area contributed by atoms with E-state index in [0.717, 1.165) is 33.1 Å². The summed E-state index contributed by atoms with van der Waals surface area (Å²) in [5, 5.41) is 4.06. The second-order valence-corrected chi connectivity index (χ2v) is 5.17. The van der Waals surface area contributed by atoms with E-state index in [1.165, 1.54) is 0 Å². The third-order valence-corrected chi connectivity index (χ3v) is 3.27. The van der Waals surface area contributed by atoms with Crippen LogP contribution in [0.5, 0.6) is 0 Å². The highest BCUT2D eigenvalue weighted by molar-refractivity contribution is 9.10. The molecule has 1 heterocycles. The fraction of sp³-hybridized carbons (Fsp3) is 0.231. The molecule has 2 rings (SSSR count). The number of furan rings is 1. The van der Waals surface area contributed by atoms with E-state index < -0.39 is 0 Å². The Morgan fingerprint density at radius 2 is 2.00 bits per heavy atom. The first kappa shape index (κ1) is 15.6. The van der Waals surface area contributed by atoms with Crippen molar-refractivity contribution in [1.29, 1.82) is 0 Å². The maximum Gasteiger partial charge on any atom is 0.117 e. The third-order valence-electron chi connectivity index (χ3n) is 2.43. The van der Waals surface area contributed by atoms with E-state index in [9.17, 15) is 0 Å². The molecule has 1 aromatic heterocycles. The molecule has 0 aliphatic heterocycles. The summed E-state index contributed by atoms with van der Waals surface area (Å²) < 4.78 is 6.46. The lowest BCUT2D eigenvalue weighted by molar-refractivity contribution is 0.462. The summed E-state index contributed by atoms with van der Waals surface area (Å²) in [6, 6.07) is 9.83. The van der Waals surface area contributed by atoms with Gasteiger partial charge in [0.05, 0.1) is 6.54 Å². The minimum absolute atomic E-state index is 0. The van der Waals surface area contributed by atoms with E-state index in [0.29, 0.717) is 6.54 Å². The normalized spacial score (nSPS) is 10.2. The van der Waals surface area contributed by atoms with Crippen LogP contribution in [0.3, 0.4) is 0 Å². The first-order valence-electron chi connectivity index (χ1n) is 5.35. The highest BCUT2D eigenvalue weighted by Gasteiger charge is 2.02. The van der Waals surface area contributed by atoms with Gasteiger partial charge in [0.1, 0.15) is 11.5 Å². The second-order valence-electron chi connectivity index (χ2n) is 3.85. The summed E-state index contributed by atoms with van der Waals surface area (Å²) in [7, 11) is 0. The largest absolute Gasteiger partial charge is 0.465 e. The Balaban J connectivity index is 0.00000162. The van der Waals surface area contributed by atoms with Crippen LogP contribution in [-0.2, 0) is 13.1 Å². The van der Waals surface area contributed by atoms with Crippen LogP contribution in [0.1, 0.15) is 17.1 Å². The Labute approximate surface area is 126 Å². The molecule has 0 radical (unpaired) electrons. The van der Waals surface area contributed by atoms with E-state index in [1.54, 1.807) is 0 Å². The van der Waals surface area contributed by atoms with Crippen LogP contribution in [0.2, 0.25) is 5.02 Å². The molecule has 0 atom stereocenters. The summed E-state index contributed by atoms with van der Waals surface area (Å²) >= 11 is 9.51. The molecule has 0 saturated carbocycles. The molecule has 0 saturated heterocycles. The van der Waals surface area contributed by atoms with Gasteiger partial charge in [-0.15, -0.1) is 12.4 Å². The molecule has 98 valence electrons. The van der Waals surface area contributed by atoms with Crippen LogP contribution < -0.4 is 5.32 Å². The van der Waals surface area contributed by atoms with Crippen molar-refractivity contribution in [3.8, 4) is 0 Å². The van der Waals surface area contributed by atoms with Gasteiger partial charge in [-0.25, -0.2) is 0 Å². The molecule has 0 aliphatic rings. The number of hydrogen-bond donors (Lipinski definition) is 1. The average molecular weight is 351 g/mol. The van der Waals surface area contributed by atoms with Crippen molar-refractivity contribution in [2.45, 2.75) is 20.0 Å². The third kappa shape index (κ3) is 4.32. The molecule has 5 heteroatoms. The van der Waals surface area contributed by atoms with Gasteiger partial charge < -0.3 is 9.73 Å². The molecular formula is C13H14BrCl2NO. The van der Waals surface area contributed by atoms with Gasteiger partial charge in [-0.1, -0.05) is 33.6 Å². The standard InChI is InChI=1S/C13H13BrClNO.ClH/c1-9-2-5-12(17-9)8-16-7-10-3-4-11(14)6-13(10)15;/h2-6,16H,7-8H2,1H3;1H. The van der Waals surface area contributed by atoms with Crippen molar-refractivity contribution in [2.75, 3.05) is 0 Å². The van der Waals surface area contributed by atoms with E-state index in [4.69, 9.17) is 16.0 Å². The van der Waals surface area contributed by atoms with Crippen LogP contribution >= 0.6 is 39.9 Å². The average Bonchev–Trinajstić information content (AvgIpc) is 2.68. The lowest BCUT2D eigenvalue weighted by atomic mass is 10.2. The molecule has 0 bridgehead atoms. The number of nitrogens with one attached hydrogen (secondary N) is 1. The first-order valence-corrected chi connectivity index (χ1v) is 6.52. The molecule has 0 aliphatic carbocycles. The van der Waals surface area contributed by atoms with Crippen molar-refractivity contribution in [1.82, 2.24) is 5.32 Å². The van der Waals surface area contributed by atoms with Gasteiger partial charge in [0.2, 0.25) is 0 Å². The van der Waals surface area contributed by atoms with Gasteiger partial charge >= 0.3 is 0 Å². The van der Waals surface area contributed by atoms with Crippen molar-refractivity contribution >= 4 is 39.9 Å². The first-order chi connectivity index (χ1) is 8.15. The number of aryl methyl sites for hydroxylation is 1. The Morgan fingerprint density at radius 1 is 1.22 bits per heavy atom. The second kappa shape index (κ2) is 7.19. The van der Waals surface area contributed by atoms with Crippen LogP contribution in [0.15, 0.2) is 39.2 Å². The topological polar surface area (TPSA) is 25.2 Å². The summed E-state index contributed by atoms with van der Waals surface area (Å²) in [6.45, 7) is 3.38. The Kier molecular flexibility index (Phi) is 6.22. The molecule has 2 aromatic rings. The maximum atomic E-state index is 6.12. The van der Waals surface area contributed by atoms with E-state index in [-0.39, 0.29) is 12.4 Å². The molecule has 0 unspecified atom stereocenters. The molecule has 0 fully saturated rings. The molecule has 1 aromatic carbocycles. The zero-order valence-electron chi connectivity index (χ0n) is 9.87. The zero-order valence-corrected chi connectivity index (χ0v) is 13.0. The lowest BCUT2D eigenvalue weighted by Crippen LogP contribution is -2.12. The fourth-order valence-electron chi connectivity index (χ4n) is 1.57. The summed E-state index contributed by atoms with van der Waals surface area (Å²) in [4.78, 5) is 0. The van der Waals surface area contributed by atoms with Crippen molar-refractivity contribution < 1.29 is 4.42 Å². The van der Waals surface area contributed by atoms with Crippen LogP contribution in [0, 0.1) is 6.92 Å². The number of rotatable bonds is 4. The van der Waals surface area contributed by atoms with Crippen LogP contribution in [0.4, 0.5) is 0 Å². The Hall–Kier alpha value is -0.480. The van der Waals surface area contributed by atoms with Gasteiger partial charge in [-0.05, 0) is 36.8 Å². The Morgan fingerprint density at radius 3 is 2.61 bits per heavy atom. The lowest BCUT2D eigenvalue weighted by Gasteiger charge is -2.05. The molecule has 0 spiro atoms. The summed E-state index contributed by atoms with van der Waals surface area (Å²) in [5.74, 6) is 1.87. The van der Waals surface area contributed by atoms with Gasteiger partial charge in [-0.2, -0.15) is 0 Å². The fourth-order valence-corrected chi connectivity index (χ4v) is 2.31. The van der Waals surface area contributed by atoms with Gasteiger partial charge in [0, 0.05) is 16.0 Å². The quantitative estimate of drug-likeness (QED) is 0.863. The Bertz CT molecular complexity index is 513. The van der Waals surface area contributed by atoms with Crippen molar-refractivity contribution in [3.05, 3.63) is 56.9 Å². The van der Waals surface area contributed by atoms with Crippen LogP contribution in [0.25, 0.3) is 0 Å². The number of halogens is 3. The maximum absolute atomic E-state index is 6.12. The smallest absolute Gasteiger partial charge is 0.117 e.